The number of ether oxygens (including phenoxy) is 3. The molecule has 0 saturated carbocycles. The van der Waals surface area contributed by atoms with E-state index in [9.17, 15) is 9.59 Å². The third-order valence-electron chi connectivity index (χ3n) is 6.42. The highest BCUT2D eigenvalue weighted by atomic mass is 35.5. The molecule has 0 rings (SSSR count). The van der Waals surface area contributed by atoms with E-state index in [1.807, 2.05) is 20.8 Å². The van der Waals surface area contributed by atoms with Gasteiger partial charge in [-0.2, -0.15) is 0 Å². The molecular weight excluding hydrogens is 488 g/mol. The van der Waals surface area contributed by atoms with Gasteiger partial charge in [0.25, 0.3) is 0 Å². The van der Waals surface area contributed by atoms with Gasteiger partial charge in [0.15, 0.2) is 5.56 Å². The fourth-order valence-corrected chi connectivity index (χ4v) is 4.55. The molecule has 5 nitrogen and oxygen atoms in total. The van der Waals surface area contributed by atoms with Crippen LogP contribution in [0.5, 0.6) is 0 Å². The van der Waals surface area contributed by atoms with Crippen molar-refractivity contribution in [3.05, 3.63) is 0 Å². The van der Waals surface area contributed by atoms with Crippen molar-refractivity contribution in [1.82, 2.24) is 0 Å². The predicted molar refractivity (Wildman–Crippen MR) is 155 cm³/mol. The van der Waals surface area contributed by atoms with Crippen LogP contribution in [-0.2, 0) is 19.0 Å². The summed E-state index contributed by atoms with van der Waals surface area (Å²) in [7, 11) is 0. The second-order valence-corrected chi connectivity index (χ2v) is 12.0. The second kappa shape index (κ2) is 25.3. The molecule has 1 unspecified atom stereocenters. The lowest BCUT2D eigenvalue weighted by Crippen LogP contribution is -2.23. The molecular formula is C31H59ClO5. The fourth-order valence-electron chi connectivity index (χ4n) is 4.32. The summed E-state index contributed by atoms with van der Waals surface area (Å²) in [6.07, 6.45) is 25.0. The number of esters is 1. The molecule has 0 amide bonds. The van der Waals surface area contributed by atoms with Gasteiger partial charge < -0.3 is 14.2 Å². The molecule has 0 aliphatic rings. The maximum Gasteiger partial charge on any atom is 0.509 e. The van der Waals surface area contributed by atoms with Gasteiger partial charge >= 0.3 is 12.1 Å². The van der Waals surface area contributed by atoms with Gasteiger partial charge in [-0.25, -0.2) is 4.79 Å². The van der Waals surface area contributed by atoms with Crippen LogP contribution >= 0.6 is 11.6 Å². The second-order valence-electron chi connectivity index (χ2n) is 11.5. The van der Waals surface area contributed by atoms with Gasteiger partial charge in [0.1, 0.15) is 5.60 Å². The van der Waals surface area contributed by atoms with Gasteiger partial charge in [-0.3, -0.25) is 4.79 Å². The van der Waals surface area contributed by atoms with Gasteiger partial charge in [-0.05, 0) is 46.5 Å². The Morgan fingerprint density at radius 1 is 0.649 bits per heavy atom. The summed E-state index contributed by atoms with van der Waals surface area (Å²) in [5, 5.41) is 0. The zero-order valence-corrected chi connectivity index (χ0v) is 25.5. The third-order valence-corrected chi connectivity index (χ3v) is 6.73. The molecule has 37 heavy (non-hydrogen) atoms. The number of carbonyl (C=O) groups excluding carboxylic acids is 2. The van der Waals surface area contributed by atoms with E-state index in [1.165, 1.54) is 83.5 Å². The number of unbranched alkanes of at least 4 members (excludes halogenated alkanes) is 18. The summed E-state index contributed by atoms with van der Waals surface area (Å²) < 4.78 is 15.5. The zero-order chi connectivity index (χ0) is 27.6. The SMILES string of the molecule is CCCCCC(Cl)OC(=O)OCCCCCCCCCCCCCCCCCCCC(=O)OC(C)(C)C. The van der Waals surface area contributed by atoms with E-state index in [1.54, 1.807) is 0 Å². The Hall–Kier alpha value is -0.970. The quantitative estimate of drug-likeness (QED) is 0.0647. The molecule has 0 aliphatic heterocycles. The Bertz CT molecular complexity index is 532. The van der Waals surface area contributed by atoms with E-state index in [0.717, 1.165) is 44.9 Å². The van der Waals surface area contributed by atoms with Crippen LogP contribution in [-0.4, -0.2) is 29.9 Å². The third kappa shape index (κ3) is 29.4. The largest absolute Gasteiger partial charge is 0.509 e. The highest BCUT2D eigenvalue weighted by Gasteiger charge is 2.15. The molecule has 0 heterocycles. The Kier molecular flexibility index (Phi) is 24.7. The zero-order valence-electron chi connectivity index (χ0n) is 24.8. The first kappa shape index (κ1) is 36.0. The van der Waals surface area contributed by atoms with Gasteiger partial charge in [-0.1, -0.05) is 128 Å². The maximum atomic E-state index is 11.7. The summed E-state index contributed by atoms with van der Waals surface area (Å²) in [5.41, 5.74) is -0.935. The Balaban J connectivity index is 3.24. The summed E-state index contributed by atoms with van der Waals surface area (Å²) in [5.74, 6) is -0.0623. The van der Waals surface area contributed by atoms with Crippen LogP contribution in [0, 0.1) is 0 Å². The van der Waals surface area contributed by atoms with Crippen LogP contribution in [0.4, 0.5) is 4.79 Å². The van der Waals surface area contributed by atoms with Crippen LogP contribution in [0.3, 0.4) is 0 Å². The highest BCUT2D eigenvalue weighted by molar-refractivity contribution is 6.20. The number of rotatable bonds is 25. The number of halogens is 1. The molecule has 0 aromatic heterocycles. The molecule has 0 bridgehead atoms. The molecule has 0 radical (unpaired) electrons. The van der Waals surface area contributed by atoms with E-state index < -0.39 is 11.7 Å². The van der Waals surface area contributed by atoms with Crippen LogP contribution in [0.15, 0.2) is 0 Å². The number of hydrogen-bond acceptors (Lipinski definition) is 5. The first-order valence-corrected chi connectivity index (χ1v) is 15.9. The number of alkyl halides is 1. The van der Waals surface area contributed by atoms with Gasteiger partial charge in [0, 0.05) is 6.42 Å². The van der Waals surface area contributed by atoms with Gasteiger partial charge in [0.2, 0.25) is 0 Å². The summed E-state index contributed by atoms with van der Waals surface area (Å²) >= 11 is 5.99. The van der Waals surface area contributed by atoms with Crippen LogP contribution in [0.25, 0.3) is 0 Å². The molecule has 220 valence electrons. The van der Waals surface area contributed by atoms with E-state index in [4.69, 9.17) is 25.8 Å². The summed E-state index contributed by atoms with van der Waals surface area (Å²) in [6.45, 7) is 8.31. The van der Waals surface area contributed by atoms with E-state index in [-0.39, 0.29) is 11.6 Å². The van der Waals surface area contributed by atoms with Gasteiger partial charge in [0.05, 0.1) is 6.61 Å². The van der Waals surface area contributed by atoms with E-state index >= 15 is 0 Å². The van der Waals surface area contributed by atoms with Crippen LogP contribution < -0.4 is 0 Å². The molecule has 0 aromatic carbocycles. The van der Waals surface area contributed by atoms with E-state index in [0.29, 0.717) is 19.4 Å². The normalized spacial score (nSPS) is 12.4. The molecule has 0 saturated heterocycles. The lowest BCUT2D eigenvalue weighted by Gasteiger charge is -2.19. The highest BCUT2D eigenvalue weighted by Crippen LogP contribution is 2.16. The van der Waals surface area contributed by atoms with Crippen molar-refractivity contribution in [2.75, 3.05) is 6.61 Å². The van der Waals surface area contributed by atoms with Crippen molar-refractivity contribution in [2.45, 2.75) is 180 Å². The Morgan fingerprint density at radius 2 is 1.08 bits per heavy atom. The monoisotopic (exact) mass is 546 g/mol. The van der Waals surface area contributed by atoms with Crippen molar-refractivity contribution in [3.63, 3.8) is 0 Å². The standard InChI is InChI=1S/C31H59ClO5/c1-5-6-22-25-28(32)36-30(34)35-27-24-21-19-17-15-13-11-9-7-8-10-12-14-16-18-20-23-26-29(33)37-31(2,3)4/h28H,5-27H2,1-4H3. The number of carbonyl (C=O) groups is 2. The average Bonchev–Trinajstić information content (AvgIpc) is 2.81. The Labute approximate surface area is 234 Å². The molecule has 0 aliphatic carbocycles. The Morgan fingerprint density at radius 3 is 1.51 bits per heavy atom. The topological polar surface area (TPSA) is 61.8 Å². The first-order chi connectivity index (χ1) is 17.7. The summed E-state index contributed by atoms with van der Waals surface area (Å²) in [4.78, 5) is 23.2. The molecule has 1 atom stereocenters. The van der Waals surface area contributed by atoms with Crippen molar-refractivity contribution >= 4 is 23.7 Å². The first-order valence-electron chi connectivity index (χ1n) is 15.4. The molecule has 0 fully saturated rings. The minimum Gasteiger partial charge on any atom is -0.460 e. The van der Waals surface area contributed by atoms with Crippen molar-refractivity contribution in [1.29, 1.82) is 0 Å². The molecule has 0 aromatic rings. The number of hydrogen-bond donors (Lipinski definition) is 0. The minimum atomic E-state index is -0.636. The van der Waals surface area contributed by atoms with E-state index in [2.05, 4.69) is 6.92 Å². The maximum absolute atomic E-state index is 11.7. The smallest absolute Gasteiger partial charge is 0.460 e. The average molecular weight is 547 g/mol. The fraction of sp³-hybridized carbons (Fsp3) is 0.935. The van der Waals surface area contributed by atoms with Crippen LogP contribution in [0.2, 0.25) is 0 Å². The predicted octanol–water partition coefficient (Wildman–Crippen LogP) is 10.6. The summed E-state index contributed by atoms with van der Waals surface area (Å²) in [6, 6.07) is 0. The molecule has 0 spiro atoms. The van der Waals surface area contributed by atoms with Crippen molar-refractivity contribution in [2.24, 2.45) is 0 Å². The van der Waals surface area contributed by atoms with Crippen molar-refractivity contribution < 1.29 is 23.8 Å². The minimum absolute atomic E-state index is 0.0623. The van der Waals surface area contributed by atoms with Crippen LogP contribution in [0.1, 0.15) is 169 Å². The van der Waals surface area contributed by atoms with Crippen molar-refractivity contribution in [3.8, 4) is 0 Å². The molecule has 0 N–H and O–H groups in total. The van der Waals surface area contributed by atoms with Gasteiger partial charge in [-0.15, -0.1) is 0 Å². The molecule has 6 heteroatoms. The lowest BCUT2D eigenvalue weighted by atomic mass is 10.0. The lowest BCUT2D eigenvalue weighted by molar-refractivity contribution is -0.154.